The number of aliphatic carboxylic acids is 1. The highest BCUT2D eigenvalue weighted by Crippen LogP contribution is 2.22. The van der Waals surface area contributed by atoms with Crippen LogP contribution in [0.15, 0.2) is 0 Å². The molecule has 2 saturated heterocycles. The molecule has 0 aromatic heterocycles. The highest BCUT2D eigenvalue weighted by molar-refractivity contribution is 5.72. The number of nitrogens with zero attached hydrogens (tertiary/aromatic N) is 1. The molecule has 2 aliphatic heterocycles. The summed E-state index contributed by atoms with van der Waals surface area (Å²) < 4.78 is 5.72. The van der Waals surface area contributed by atoms with Crippen LogP contribution in [0.3, 0.4) is 0 Å². The van der Waals surface area contributed by atoms with Gasteiger partial charge in [0.15, 0.2) is 0 Å². The quantitative estimate of drug-likeness (QED) is 0.704. The Morgan fingerprint density at radius 3 is 3.25 bits per heavy atom. The number of nitrogens with one attached hydrogen (secondary N) is 1. The van der Waals surface area contributed by atoms with Crippen LogP contribution in [0.1, 0.15) is 19.8 Å². The summed E-state index contributed by atoms with van der Waals surface area (Å²) in [4.78, 5) is 13.1. The number of hydrogen-bond donors (Lipinski definition) is 2. The fourth-order valence-electron chi connectivity index (χ4n) is 2.40. The van der Waals surface area contributed by atoms with Crippen LogP contribution in [0.4, 0.5) is 0 Å². The molecule has 0 aromatic carbocycles. The van der Waals surface area contributed by atoms with Crippen molar-refractivity contribution in [3.8, 4) is 0 Å². The first-order valence-corrected chi connectivity index (χ1v) is 5.98. The molecule has 0 saturated carbocycles. The molecular weight excluding hydrogens is 208 g/mol. The second kappa shape index (κ2) is 5.12. The third-order valence-electron chi connectivity index (χ3n) is 3.48. The summed E-state index contributed by atoms with van der Waals surface area (Å²) in [6.07, 6.45) is 2.64. The van der Waals surface area contributed by atoms with Crippen molar-refractivity contribution in [2.75, 3.05) is 26.2 Å². The maximum Gasteiger partial charge on any atom is 0.320 e. The molecule has 3 unspecified atom stereocenters. The molecule has 0 spiro atoms. The standard InChI is InChI=1S/C11H20N2O3/c1-8(11(14)15)12-5-10-6-13-4-2-3-9(13)7-16-10/h8-10,12H,2-7H2,1H3,(H,14,15). The molecule has 0 amide bonds. The van der Waals surface area contributed by atoms with Gasteiger partial charge in [0.2, 0.25) is 0 Å². The fourth-order valence-corrected chi connectivity index (χ4v) is 2.40. The van der Waals surface area contributed by atoms with E-state index < -0.39 is 12.0 Å². The number of carbonyl (C=O) groups is 1. The molecule has 2 aliphatic rings. The van der Waals surface area contributed by atoms with E-state index in [0.717, 1.165) is 13.2 Å². The summed E-state index contributed by atoms with van der Waals surface area (Å²) in [5, 5.41) is 11.7. The number of hydrogen-bond acceptors (Lipinski definition) is 4. The van der Waals surface area contributed by atoms with Crippen LogP contribution in [-0.2, 0) is 9.53 Å². The van der Waals surface area contributed by atoms with Crippen LogP contribution in [0.5, 0.6) is 0 Å². The smallest absolute Gasteiger partial charge is 0.320 e. The number of morpholine rings is 1. The summed E-state index contributed by atoms with van der Waals surface area (Å²) in [7, 11) is 0. The largest absolute Gasteiger partial charge is 0.480 e. The Morgan fingerprint density at radius 1 is 1.69 bits per heavy atom. The molecule has 0 aromatic rings. The lowest BCUT2D eigenvalue weighted by molar-refractivity contribution is -0.139. The summed E-state index contributed by atoms with van der Waals surface area (Å²) in [6.45, 7) is 5.18. The first-order valence-electron chi connectivity index (χ1n) is 5.98. The van der Waals surface area contributed by atoms with Crippen LogP contribution in [-0.4, -0.2) is 60.4 Å². The van der Waals surface area contributed by atoms with Gasteiger partial charge in [-0.3, -0.25) is 9.69 Å². The minimum atomic E-state index is -0.810. The number of carboxylic acids is 1. The van der Waals surface area contributed by atoms with Crippen molar-refractivity contribution < 1.29 is 14.6 Å². The molecule has 2 fully saturated rings. The average Bonchev–Trinajstić information content (AvgIpc) is 2.72. The number of carboxylic acid groups (broad SMARTS) is 1. The van der Waals surface area contributed by atoms with Crippen molar-refractivity contribution in [3.05, 3.63) is 0 Å². The lowest BCUT2D eigenvalue weighted by atomic mass is 10.2. The van der Waals surface area contributed by atoms with Crippen LogP contribution < -0.4 is 5.32 Å². The van der Waals surface area contributed by atoms with Crippen molar-refractivity contribution >= 4 is 5.97 Å². The maximum absolute atomic E-state index is 10.6. The van der Waals surface area contributed by atoms with Crippen molar-refractivity contribution in [2.45, 2.75) is 38.0 Å². The highest BCUT2D eigenvalue weighted by atomic mass is 16.5. The lowest BCUT2D eigenvalue weighted by Gasteiger charge is -2.35. The highest BCUT2D eigenvalue weighted by Gasteiger charge is 2.32. The summed E-state index contributed by atoms with van der Waals surface area (Å²) in [6, 6.07) is 0.105. The van der Waals surface area contributed by atoms with E-state index in [9.17, 15) is 4.79 Å². The van der Waals surface area contributed by atoms with Gasteiger partial charge in [0.05, 0.1) is 12.7 Å². The minimum absolute atomic E-state index is 0.135. The van der Waals surface area contributed by atoms with E-state index in [1.807, 2.05) is 0 Å². The Bertz CT molecular complexity index is 260. The third-order valence-corrected chi connectivity index (χ3v) is 3.48. The van der Waals surface area contributed by atoms with Gasteiger partial charge in [-0.2, -0.15) is 0 Å². The van der Waals surface area contributed by atoms with Gasteiger partial charge in [-0.25, -0.2) is 0 Å². The Balaban J connectivity index is 1.73. The normalized spacial score (nSPS) is 32.3. The van der Waals surface area contributed by atoms with Crippen LogP contribution in [0.25, 0.3) is 0 Å². The van der Waals surface area contributed by atoms with E-state index >= 15 is 0 Å². The Labute approximate surface area is 95.8 Å². The van der Waals surface area contributed by atoms with E-state index in [1.54, 1.807) is 6.92 Å². The third kappa shape index (κ3) is 2.72. The van der Waals surface area contributed by atoms with Crippen molar-refractivity contribution in [1.29, 1.82) is 0 Å². The maximum atomic E-state index is 10.6. The zero-order valence-corrected chi connectivity index (χ0v) is 9.69. The first-order chi connectivity index (χ1) is 7.66. The minimum Gasteiger partial charge on any atom is -0.480 e. The Kier molecular flexibility index (Phi) is 3.78. The van der Waals surface area contributed by atoms with Crippen molar-refractivity contribution in [1.82, 2.24) is 10.2 Å². The van der Waals surface area contributed by atoms with E-state index in [0.29, 0.717) is 12.6 Å². The summed E-state index contributed by atoms with van der Waals surface area (Å²) in [5.41, 5.74) is 0. The van der Waals surface area contributed by atoms with Crippen LogP contribution in [0, 0.1) is 0 Å². The van der Waals surface area contributed by atoms with Gasteiger partial charge < -0.3 is 15.2 Å². The summed E-state index contributed by atoms with van der Waals surface area (Å²) >= 11 is 0. The summed E-state index contributed by atoms with van der Waals surface area (Å²) in [5.74, 6) is -0.810. The fraction of sp³-hybridized carbons (Fsp3) is 0.909. The molecule has 3 atom stereocenters. The lowest BCUT2D eigenvalue weighted by Crippen LogP contribution is -2.51. The van der Waals surface area contributed by atoms with Crippen molar-refractivity contribution in [2.24, 2.45) is 0 Å². The zero-order chi connectivity index (χ0) is 11.5. The SMILES string of the molecule is CC(NCC1CN2CCCC2CO1)C(=O)O. The van der Waals surface area contributed by atoms with E-state index in [2.05, 4.69) is 10.2 Å². The van der Waals surface area contributed by atoms with Gasteiger partial charge in [-0.05, 0) is 26.3 Å². The van der Waals surface area contributed by atoms with Crippen LogP contribution >= 0.6 is 0 Å². The molecular formula is C11H20N2O3. The molecule has 16 heavy (non-hydrogen) atoms. The second-order valence-corrected chi connectivity index (χ2v) is 4.71. The first kappa shape index (κ1) is 11.8. The molecule has 92 valence electrons. The van der Waals surface area contributed by atoms with E-state index in [-0.39, 0.29) is 6.10 Å². The average molecular weight is 228 g/mol. The van der Waals surface area contributed by atoms with Gasteiger partial charge in [0.1, 0.15) is 6.04 Å². The number of rotatable bonds is 4. The monoisotopic (exact) mass is 228 g/mol. The number of fused-ring (bicyclic) bond motifs is 1. The molecule has 0 aliphatic carbocycles. The predicted octanol–water partition coefficient (Wildman–Crippen LogP) is -0.0877. The predicted molar refractivity (Wildman–Crippen MR) is 59.4 cm³/mol. The van der Waals surface area contributed by atoms with Gasteiger partial charge >= 0.3 is 5.97 Å². The van der Waals surface area contributed by atoms with Gasteiger partial charge in [0.25, 0.3) is 0 Å². The molecule has 5 heteroatoms. The topological polar surface area (TPSA) is 61.8 Å². The molecule has 0 radical (unpaired) electrons. The number of ether oxygens (including phenoxy) is 1. The van der Waals surface area contributed by atoms with Gasteiger partial charge in [0, 0.05) is 19.1 Å². The zero-order valence-electron chi connectivity index (χ0n) is 9.69. The molecule has 5 nitrogen and oxygen atoms in total. The Hall–Kier alpha value is -0.650. The second-order valence-electron chi connectivity index (χ2n) is 4.71. The van der Waals surface area contributed by atoms with E-state index in [1.165, 1.54) is 19.4 Å². The van der Waals surface area contributed by atoms with E-state index in [4.69, 9.17) is 9.84 Å². The molecule has 2 N–H and O–H groups in total. The molecule has 2 heterocycles. The van der Waals surface area contributed by atoms with Gasteiger partial charge in [-0.1, -0.05) is 0 Å². The van der Waals surface area contributed by atoms with Crippen molar-refractivity contribution in [3.63, 3.8) is 0 Å². The molecule has 2 rings (SSSR count). The van der Waals surface area contributed by atoms with Gasteiger partial charge in [-0.15, -0.1) is 0 Å². The Morgan fingerprint density at radius 2 is 2.50 bits per heavy atom. The van der Waals surface area contributed by atoms with Crippen LogP contribution in [0.2, 0.25) is 0 Å². The molecule has 0 bridgehead atoms.